The van der Waals surface area contributed by atoms with Crippen LogP contribution in [0.25, 0.3) is 11.4 Å². The maximum absolute atomic E-state index is 12.3. The number of hydrogen-bond donors (Lipinski definition) is 1. The SMILES string of the molecule is Cc1c(C(=O)N[C@H](C)c2nc(-c3cccnc3)no2)ccn1C. The molecule has 3 heterocycles. The van der Waals surface area contributed by atoms with E-state index in [4.69, 9.17) is 4.52 Å². The van der Waals surface area contributed by atoms with Crippen molar-refractivity contribution in [1.29, 1.82) is 0 Å². The number of hydrogen-bond acceptors (Lipinski definition) is 5. The summed E-state index contributed by atoms with van der Waals surface area (Å²) in [6, 6.07) is 5.04. The lowest BCUT2D eigenvalue weighted by molar-refractivity contribution is 0.0932. The van der Waals surface area contributed by atoms with Crippen molar-refractivity contribution in [3.05, 3.63) is 53.9 Å². The van der Waals surface area contributed by atoms with Gasteiger partial charge in [-0.3, -0.25) is 9.78 Å². The van der Waals surface area contributed by atoms with Gasteiger partial charge in [0.15, 0.2) is 0 Å². The number of nitrogens with zero attached hydrogens (tertiary/aromatic N) is 4. The zero-order valence-corrected chi connectivity index (χ0v) is 13.1. The summed E-state index contributed by atoms with van der Waals surface area (Å²) < 4.78 is 7.14. The zero-order chi connectivity index (χ0) is 16.4. The molecular formula is C16H17N5O2. The van der Waals surface area contributed by atoms with Gasteiger partial charge in [-0.1, -0.05) is 5.16 Å². The minimum Gasteiger partial charge on any atom is -0.354 e. The predicted molar refractivity (Wildman–Crippen MR) is 83.6 cm³/mol. The van der Waals surface area contributed by atoms with Crippen LogP contribution < -0.4 is 5.32 Å². The Hall–Kier alpha value is -2.96. The first-order valence-electron chi connectivity index (χ1n) is 7.23. The summed E-state index contributed by atoms with van der Waals surface area (Å²) in [4.78, 5) is 20.7. The molecule has 118 valence electrons. The van der Waals surface area contributed by atoms with Crippen molar-refractivity contribution in [2.24, 2.45) is 7.05 Å². The first-order chi connectivity index (χ1) is 11.1. The molecule has 1 N–H and O–H groups in total. The fraction of sp³-hybridized carbons (Fsp3) is 0.250. The number of aromatic nitrogens is 4. The fourth-order valence-electron chi connectivity index (χ4n) is 2.21. The van der Waals surface area contributed by atoms with Gasteiger partial charge in [0.1, 0.15) is 6.04 Å². The minimum atomic E-state index is -0.389. The van der Waals surface area contributed by atoms with E-state index in [-0.39, 0.29) is 11.9 Å². The van der Waals surface area contributed by atoms with Crippen molar-refractivity contribution in [2.75, 3.05) is 0 Å². The molecule has 0 aliphatic rings. The first kappa shape index (κ1) is 15.0. The van der Waals surface area contributed by atoms with Crippen LogP contribution in [0.15, 0.2) is 41.3 Å². The average Bonchev–Trinajstić information content (AvgIpc) is 3.16. The summed E-state index contributed by atoms with van der Waals surface area (Å²) >= 11 is 0. The molecule has 7 heteroatoms. The predicted octanol–water partition coefficient (Wildman–Crippen LogP) is 2.27. The zero-order valence-electron chi connectivity index (χ0n) is 13.1. The van der Waals surface area contributed by atoms with E-state index in [9.17, 15) is 4.79 Å². The van der Waals surface area contributed by atoms with Crippen LogP contribution >= 0.6 is 0 Å². The Morgan fingerprint density at radius 2 is 2.22 bits per heavy atom. The van der Waals surface area contributed by atoms with Crippen molar-refractivity contribution >= 4 is 5.91 Å². The third-order valence-corrected chi connectivity index (χ3v) is 3.71. The normalized spacial score (nSPS) is 12.1. The molecule has 0 bridgehead atoms. The molecule has 0 saturated carbocycles. The number of pyridine rings is 1. The first-order valence-corrected chi connectivity index (χ1v) is 7.23. The molecule has 3 rings (SSSR count). The molecule has 0 aliphatic heterocycles. The third-order valence-electron chi connectivity index (χ3n) is 3.71. The van der Waals surface area contributed by atoms with Crippen molar-refractivity contribution in [2.45, 2.75) is 19.9 Å². The molecule has 23 heavy (non-hydrogen) atoms. The Morgan fingerprint density at radius 3 is 2.87 bits per heavy atom. The number of aryl methyl sites for hydroxylation is 1. The van der Waals surface area contributed by atoms with Gasteiger partial charge in [0.25, 0.3) is 5.91 Å². The van der Waals surface area contributed by atoms with Crippen molar-refractivity contribution in [1.82, 2.24) is 25.0 Å². The molecule has 0 aliphatic carbocycles. The highest BCUT2D eigenvalue weighted by molar-refractivity contribution is 5.95. The Bertz CT molecular complexity index is 822. The average molecular weight is 311 g/mol. The topological polar surface area (TPSA) is 85.8 Å². The minimum absolute atomic E-state index is 0.170. The summed E-state index contributed by atoms with van der Waals surface area (Å²) in [5.41, 5.74) is 2.29. The van der Waals surface area contributed by atoms with Gasteiger partial charge < -0.3 is 14.4 Å². The Morgan fingerprint density at radius 1 is 1.39 bits per heavy atom. The van der Waals surface area contributed by atoms with Gasteiger partial charge in [-0.25, -0.2) is 0 Å². The molecule has 3 aromatic rings. The summed E-state index contributed by atoms with van der Waals surface area (Å²) in [7, 11) is 1.90. The van der Waals surface area contributed by atoms with E-state index >= 15 is 0 Å². The third kappa shape index (κ3) is 2.98. The van der Waals surface area contributed by atoms with Gasteiger partial charge in [-0.15, -0.1) is 0 Å². The lowest BCUT2D eigenvalue weighted by atomic mass is 10.2. The van der Waals surface area contributed by atoms with Crippen LogP contribution in [0, 0.1) is 6.92 Å². The standard InChI is InChI=1S/C16H17N5O2/c1-10(18-15(22)13-6-8-21(3)11(13)2)16-19-14(20-23-16)12-5-4-7-17-9-12/h4-10H,1-3H3,(H,18,22)/t10-/m1/s1. The van der Waals surface area contributed by atoms with Gasteiger partial charge in [-0.05, 0) is 32.0 Å². The van der Waals surface area contributed by atoms with Crippen molar-refractivity contribution in [3.63, 3.8) is 0 Å². The number of carbonyl (C=O) groups excluding carboxylic acids is 1. The Labute approximate surface area is 133 Å². The van der Waals surface area contributed by atoms with Gasteiger partial charge in [-0.2, -0.15) is 4.98 Å². The molecular weight excluding hydrogens is 294 g/mol. The number of amides is 1. The molecule has 3 aromatic heterocycles. The van der Waals surface area contributed by atoms with Crippen LogP contribution in [-0.2, 0) is 7.05 Å². The second-order valence-corrected chi connectivity index (χ2v) is 5.32. The molecule has 1 atom stereocenters. The summed E-state index contributed by atoms with van der Waals surface area (Å²) in [5.74, 6) is 0.632. The molecule has 1 amide bonds. The largest absolute Gasteiger partial charge is 0.354 e. The Balaban J connectivity index is 1.74. The highest BCUT2D eigenvalue weighted by atomic mass is 16.5. The van der Waals surface area contributed by atoms with Crippen molar-refractivity contribution in [3.8, 4) is 11.4 Å². The molecule has 0 unspecified atom stereocenters. The van der Waals surface area contributed by atoms with E-state index in [1.54, 1.807) is 31.5 Å². The monoisotopic (exact) mass is 311 g/mol. The van der Waals surface area contributed by atoms with E-state index in [2.05, 4.69) is 20.4 Å². The van der Waals surface area contributed by atoms with Crippen LogP contribution in [0.2, 0.25) is 0 Å². The fourth-order valence-corrected chi connectivity index (χ4v) is 2.21. The highest BCUT2D eigenvalue weighted by Gasteiger charge is 2.19. The van der Waals surface area contributed by atoms with Crippen LogP contribution in [0.5, 0.6) is 0 Å². The maximum atomic E-state index is 12.3. The van der Waals surface area contributed by atoms with Gasteiger partial charge in [0, 0.05) is 36.9 Å². The number of carbonyl (C=O) groups is 1. The van der Waals surface area contributed by atoms with E-state index < -0.39 is 0 Å². The maximum Gasteiger partial charge on any atom is 0.253 e. The van der Waals surface area contributed by atoms with E-state index in [0.29, 0.717) is 17.3 Å². The van der Waals surface area contributed by atoms with E-state index in [1.165, 1.54) is 0 Å². The summed E-state index contributed by atoms with van der Waals surface area (Å²) in [6.45, 7) is 3.70. The molecule has 0 spiro atoms. The van der Waals surface area contributed by atoms with Gasteiger partial charge in [0.2, 0.25) is 11.7 Å². The smallest absolute Gasteiger partial charge is 0.253 e. The molecule has 0 aromatic carbocycles. The second kappa shape index (κ2) is 6.04. The second-order valence-electron chi connectivity index (χ2n) is 5.32. The van der Waals surface area contributed by atoms with Gasteiger partial charge in [0.05, 0.1) is 5.56 Å². The lowest BCUT2D eigenvalue weighted by Crippen LogP contribution is -2.27. The van der Waals surface area contributed by atoms with E-state index in [1.807, 2.05) is 30.8 Å². The van der Waals surface area contributed by atoms with Crippen LogP contribution in [-0.4, -0.2) is 25.6 Å². The van der Waals surface area contributed by atoms with Gasteiger partial charge >= 0.3 is 0 Å². The summed E-state index contributed by atoms with van der Waals surface area (Å²) in [5, 5.41) is 6.79. The quantitative estimate of drug-likeness (QED) is 0.799. The molecule has 0 radical (unpaired) electrons. The van der Waals surface area contributed by atoms with Crippen LogP contribution in [0.3, 0.4) is 0 Å². The number of rotatable bonds is 4. The lowest BCUT2D eigenvalue weighted by Gasteiger charge is -2.09. The molecule has 0 fully saturated rings. The number of nitrogens with one attached hydrogen (secondary N) is 1. The highest BCUT2D eigenvalue weighted by Crippen LogP contribution is 2.18. The van der Waals surface area contributed by atoms with Crippen LogP contribution in [0.4, 0.5) is 0 Å². The summed E-state index contributed by atoms with van der Waals surface area (Å²) in [6.07, 6.45) is 5.18. The van der Waals surface area contributed by atoms with Crippen molar-refractivity contribution < 1.29 is 9.32 Å². The van der Waals surface area contributed by atoms with E-state index in [0.717, 1.165) is 11.3 Å². The molecule has 0 saturated heterocycles. The Kier molecular flexibility index (Phi) is 3.92. The van der Waals surface area contributed by atoms with Crippen LogP contribution in [0.1, 0.15) is 34.9 Å². The molecule has 7 nitrogen and oxygen atoms in total.